The Bertz CT molecular complexity index is 332. The number of aliphatic hydroxyl groups excluding tert-OH is 2. The molecule has 2 atom stereocenters. The van der Waals surface area contributed by atoms with Gasteiger partial charge in [-0.3, -0.25) is 0 Å². The van der Waals surface area contributed by atoms with Crippen LogP contribution < -0.4 is 4.74 Å². The van der Waals surface area contributed by atoms with Crippen LogP contribution in [0.3, 0.4) is 0 Å². The molecule has 0 saturated carbocycles. The summed E-state index contributed by atoms with van der Waals surface area (Å²) >= 11 is 0. The lowest BCUT2D eigenvalue weighted by Gasteiger charge is -2.14. The number of carboxylic acid groups (broad SMARTS) is 1. The van der Waals surface area contributed by atoms with Crippen molar-refractivity contribution in [1.29, 1.82) is 0 Å². The number of aliphatic hydroxyl groups is 2. The quantitative estimate of drug-likeness (QED) is 0.662. The number of carboxylic acids is 1. The van der Waals surface area contributed by atoms with E-state index in [1.165, 1.54) is 19.2 Å². The fraction of sp³-hybridized carbons (Fsp3) is 0.300. The first kappa shape index (κ1) is 11.5. The van der Waals surface area contributed by atoms with E-state index in [1.807, 2.05) is 0 Å². The maximum Gasteiger partial charge on any atom is 0.335 e. The van der Waals surface area contributed by atoms with Gasteiger partial charge in [-0.1, -0.05) is 12.1 Å². The first-order valence-electron chi connectivity index (χ1n) is 4.29. The minimum atomic E-state index is -1.82. The summed E-state index contributed by atoms with van der Waals surface area (Å²) in [5.41, 5.74) is 0.325. The summed E-state index contributed by atoms with van der Waals surface area (Å²) in [4.78, 5) is 10.4. The first-order chi connectivity index (χ1) is 7.06. The predicted molar refractivity (Wildman–Crippen MR) is 51.6 cm³/mol. The number of ether oxygens (including phenoxy) is 1. The van der Waals surface area contributed by atoms with Crippen molar-refractivity contribution in [2.75, 3.05) is 7.11 Å². The van der Waals surface area contributed by atoms with Crippen molar-refractivity contribution in [2.24, 2.45) is 0 Å². The SMILES string of the molecule is COc1ccc([C@H](O)C(O)C(=O)O)cc1. The van der Waals surface area contributed by atoms with Gasteiger partial charge in [-0.25, -0.2) is 4.79 Å². The molecule has 1 aromatic carbocycles. The molecular formula is C10H12O5. The van der Waals surface area contributed by atoms with Crippen LogP contribution in [0.1, 0.15) is 11.7 Å². The summed E-state index contributed by atoms with van der Waals surface area (Å²) in [5, 5.41) is 27.0. The van der Waals surface area contributed by atoms with Gasteiger partial charge in [-0.15, -0.1) is 0 Å². The zero-order valence-electron chi connectivity index (χ0n) is 8.12. The summed E-state index contributed by atoms with van der Waals surface area (Å²) in [6.07, 6.45) is -3.26. The third-order valence-electron chi connectivity index (χ3n) is 2.01. The lowest BCUT2D eigenvalue weighted by atomic mass is 10.0. The van der Waals surface area contributed by atoms with Gasteiger partial charge in [0, 0.05) is 0 Å². The summed E-state index contributed by atoms with van der Waals surface area (Å²) < 4.78 is 4.90. The van der Waals surface area contributed by atoms with E-state index < -0.39 is 18.2 Å². The van der Waals surface area contributed by atoms with Gasteiger partial charge in [0.15, 0.2) is 6.10 Å². The van der Waals surface area contributed by atoms with Gasteiger partial charge in [-0.05, 0) is 17.7 Å². The van der Waals surface area contributed by atoms with Crippen LogP contribution in [0.15, 0.2) is 24.3 Å². The topological polar surface area (TPSA) is 87.0 Å². The van der Waals surface area contributed by atoms with Crippen LogP contribution in [-0.4, -0.2) is 34.5 Å². The van der Waals surface area contributed by atoms with Gasteiger partial charge >= 0.3 is 5.97 Å². The normalized spacial score (nSPS) is 14.3. The first-order valence-corrected chi connectivity index (χ1v) is 4.29. The Morgan fingerprint density at radius 1 is 1.27 bits per heavy atom. The van der Waals surface area contributed by atoms with Crippen molar-refractivity contribution in [3.8, 4) is 5.75 Å². The molecule has 0 radical (unpaired) electrons. The lowest BCUT2D eigenvalue weighted by molar-refractivity contribution is -0.153. The Morgan fingerprint density at radius 2 is 1.80 bits per heavy atom. The second kappa shape index (κ2) is 4.77. The molecule has 0 spiro atoms. The molecule has 0 aliphatic rings. The molecule has 0 aromatic heterocycles. The molecule has 5 heteroatoms. The second-order valence-corrected chi connectivity index (χ2v) is 3.00. The minimum Gasteiger partial charge on any atom is -0.497 e. The highest BCUT2D eigenvalue weighted by Gasteiger charge is 2.24. The molecule has 0 aliphatic carbocycles. The molecule has 3 N–H and O–H groups in total. The van der Waals surface area contributed by atoms with Crippen molar-refractivity contribution in [2.45, 2.75) is 12.2 Å². The van der Waals surface area contributed by atoms with Crippen molar-refractivity contribution >= 4 is 5.97 Å². The molecular weight excluding hydrogens is 200 g/mol. The smallest absolute Gasteiger partial charge is 0.335 e. The van der Waals surface area contributed by atoms with Crippen LogP contribution in [0.25, 0.3) is 0 Å². The highest BCUT2D eigenvalue weighted by molar-refractivity contribution is 5.73. The third kappa shape index (κ3) is 2.68. The third-order valence-corrected chi connectivity index (χ3v) is 2.01. The number of hydrogen-bond acceptors (Lipinski definition) is 4. The minimum absolute atomic E-state index is 0.325. The molecule has 1 unspecified atom stereocenters. The van der Waals surface area contributed by atoms with Crippen LogP contribution in [-0.2, 0) is 4.79 Å². The largest absolute Gasteiger partial charge is 0.497 e. The van der Waals surface area contributed by atoms with Gasteiger partial charge in [-0.2, -0.15) is 0 Å². The molecule has 5 nitrogen and oxygen atoms in total. The molecule has 0 amide bonds. The van der Waals surface area contributed by atoms with E-state index in [0.717, 1.165) is 0 Å². The van der Waals surface area contributed by atoms with Crippen LogP contribution in [0.4, 0.5) is 0 Å². The molecule has 0 fully saturated rings. The van der Waals surface area contributed by atoms with Crippen molar-refractivity contribution < 1.29 is 24.9 Å². The molecule has 15 heavy (non-hydrogen) atoms. The zero-order valence-corrected chi connectivity index (χ0v) is 8.12. The molecule has 0 bridgehead atoms. The Labute approximate surface area is 86.5 Å². The molecule has 1 rings (SSSR count). The number of benzene rings is 1. The Kier molecular flexibility index (Phi) is 3.65. The zero-order chi connectivity index (χ0) is 11.4. The fourth-order valence-corrected chi connectivity index (χ4v) is 1.12. The van der Waals surface area contributed by atoms with E-state index in [2.05, 4.69) is 0 Å². The van der Waals surface area contributed by atoms with Crippen LogP contribution in [0.5, 0.6) is 5.75 Å². The maximum absolute atomic E-state index is 10.4. The second-order valence-electron chi connectivity index (χ2n) is 3.00. The molecule has 0 aliphatic heterocycles. The van der Waals surface area contributed by atoms with Gasteiger partial charge in [0.05, 0.1) is 7.11 Å². The number of carbonyl (C=O) groups is 1. The molecule has 82 valence electrons. The van der Waals surface area contributed by atoms with E-state index >= 15 is 0 Å². The molecule has 0 heterocycles. The monoisotopic (exact) mass is 212 g/mol. The van der Waals surface area contributed by atoms with E-state index in [-0.39, 0.29) is 0 Å². The standard InChI is InChI=1S/C10H12O5/c1-15-7-4-2-6(3-5-7)8(11)9(12)10(13)14/h2-5,8-9,11-12H,1H3,(H,13,14)/t8-,9?/m0/s1. The van der Waals surface area contributed by atoms with E-state index in [0.29, 0.717) is 11.3 Å². The average Bonchev–Trinajstić information content (AvgIpc) is 2.27. The number of hydrogen-bond donors (Lipinski definition) is 3. The van der Waals surface area contributed by atoms with Gasteiger partial charge in [0.25, 0.3) is 0 Å². The summed E-state index contributed by atoms with van der Waals surface area (Å²) in [5.74, 6) is -0.867. The van der Waals surface area contributed by atoms with Crippen LogP contribution in [0.2, 0.25) is 0 Å². The van der Waals surface area contributed by atoms with E-state index in [4.69, 9.17) is 14.9 Å². The Morgan fingerprint density at radius 3 is 2.20 bits per heavy atom. The van der Waals surface area contributed by atoms with Gasteiger partial charge in [0.1, 0.15) is 11.9 Å². The summed E-state index contributed by atoms with van der Waals surface area (Å²) in [7, 11) is 1.50. The maximum atomic E-state index is 10.4. The van der Waals surface area contributed by atoms with Crippen LogP contribution >= 0.6 is 0 Å². The van der Waals surface area contributed by atoms with Gasteiger partial charge in [0.2, 0.25) is 0 Å². The number of rotatable bonds is 4. The van der Waals surface area contributed by atoms with Crippen molar-refractivity contribution in [3.05, 3.63) is 29.8 Å². The van der Waals surface area contributed by atoms with Crippen molar-refractivity contribution in [3.63, 3.8) is 0 Å². The fourth-order valence-electron chi connectivity index (χ4n) is 1.12. The van der Waals surface area contributed by atoms with E-state index in [9.17, 15) is 9.90 Å². The van der Waals surface area contributed by atoms with E-state index in [1.54, 1.807) is 12.1 Å². The highest BCUT2D eigenvalue weighted by atomic mass is 16.5. The predicted octanol–water partition coefficient (Wildman–Crippen LogP) is 0.174. The molecule has 1 aromatic rings. The summed E-state index contributed by atoms with van der Waals surface area (Å²) in [6.45, 7) is 0. The van der Waals surface area contributed by atoms with Gasteiger partial charge < -0.3 is 20.1 Å². The Balaban J connectivity index is 2.82. The average molecular weight is 212 g/mol. The number of methoxy groups -OCH3 is 1. The summed E-state index contributed by atoms with van der Waals surface area (Å²) in [6, 6.07) is 6.14. The lowest BCUT2D eigenvalue weighted by Crippen LogP contribution is -2.27. The van der Waals surface area contributed by atoms with Crippen molar-refractivity contribution in [1.82, 2.24) is 0 Å². The molecule has 0 saturated heterocycles. The Hall–Kier alpha value is -1.59. The highest BCUT2D eigenvalue weighted by Crippen LogP contribution is 2.20. The number of aliphatic carboxylic acids is 1. The van der Waals surface area contributed by atoms with Crippen LogP contribution in [0, 0.1) is 0 Å².